The van der Waals surface area contributed by atoms with Crippen molar-refractivity contribution in [2.24, 2.45) is 0 Å². The van der Waals surface area contributed by atoms with Crippen molar-refractivity contribution in [1.29, 1.82) is 0 Å². The summed E-state index contributed by atoms with van der Waals surface area (Å²) in [4.78, 5) is 21.7. The lowest BCUT2D eigenvalue weighted by Gasteiger charge is -2.36. The monoisotopic (exact) mass is 599 g/mol. The number of nitrogens with zero attached hydrogens (tertiary/aromatic N) is 3. The van der Waals surface area contributed by atoms with Gasteiger partial charge in [-0.1, -0.05) is 18.2 Å². The largest absolute Gasteiger partial charge is 0.493 e. The molecule has 4 aromatic rings. The summed E-state index contributed by atoms with van der Waals surface area (Å²) in [6.07, 6.45) is 0. The van der Waals surface area contributed by atoms with Gasteiger partial charge in [0.15, 0.2) is 11.5 Å². The smallest absolute Gasteiger partial charge is 0.339 e. The van der Waals surface area contributed by atoms with Gasteiger partial charge in [0, 0.05) is 60.8 Å². The molecule has 3 heterocycles. The number of anilines is 1. The van der Waals surface area contributed by atoms with Crippen LogP contribution in [0.2, 0.25) is 0 Å². The van der Waals surface area contributed by atoms with Crippen LogP contribution < -0.4 is 20.0 Å². The number of methoxy groups -OCH3 is 1. The second kappa shape index (κ2) is 14.6. The Bertz CT molecular complexity index is 1460. The Balaban J connectivity index is 0.00000190. The molecule has 1 aliphatic heterocycles. The van der Waals surface area contributed by atoms with Crippen LogP contribution in [0.4, 0.5) is 5.69 Å². The average Bonchev–Trinajstić information content (AvgIpc) is 2.87. The van der Waals surface area contributed by atoms with Gasteiger partial charge in [0.1, 0.15) is 12.2 Å². The highest BCUT2D eigenvalue weighted by molar-refractivity contribution is 5.91. The molecule has 0 spiro atoms. The second-order valence-corrected chi connectivity index (χ2v) is 9.12. The molecule has 0 aliphatic carbocycles. The van der Waals surface area contributed by atoms with E-state index in [-0.39, 0.29) is 48.3 Å². The fourth-order valence-corrected chi connectivity index (χ4v) is 4.70. The van der Waals surface area contributed by atoms with E-state index in [4.69, 9.17) is 18.9 Å². The Kier molecular flexibility index (Phi) is 12.8. The summed E-state index contributed by atoms with van der Waals surface area (Å²) in [6, 6.07) is 14.3. The maximum Gasteiger partial charge on any atom is 0.339 e. The number of benzene rings is 2. The molecular formula is C28H36Cl3N3O5. The minimum atomic E-state index is -0.320. The van der Waals surface area contributed by atoms with Crippen LogP contribution in [0.1, 0.15) is 16.8 Å². The molecule has 0 saturated carbocycles. The number of pyridine rings is 1. The van der Waals surface area contributed by atoms with Crippen molar-refractivity contribution < 1.29 is 19.4 Å². The molecule has 0 radical (unpaired) electrons. The number of fused-ring (bicyclic) bond motifs is 2. The van der Waals surface area contributed by atoms with E-state index in [1.54, 1.807) is 20.1 Å². The summed E-state index contributed by atoms with van der Waals surface area (Å²) in [5.74, 6) is 1.22. The fourth-order valence-electron chi connectivity index (χ4n) is 4.70. The summed E-state index contributed by atoms with van der Waals surface area (Å²) < 4.78 is 17.1. The van der Waals surface area contributed by atoms with Gasteiger partial charge in [-0.25, -0.2) is 4.79 Å². The van der Waals surface area contributed by atoms with Crippen molar-refractivity contribution in [1.82, 2.24) is 9.88 Å². The summed E-state index contributed by atoms with van der Waals surface area (Å²) in [7, 11) is 1.59. The Morgan fingerprint density at radius 3 is 2.33 bits per heavy atom. The number of rotatable bonds is 6. The summed E-state index contributed by atoms with van der Waals surface area (Å²) in [6.45, 7) is 10.9. The summed E-state index contributed by atoms with van der Waals surface area (Å²) in [5, 5.41) is 2.04. The highest BCUT2D eigenvalue weighted by Gasteiger charge is 2.20. The lowest BCUT2D eigenvalue weighted by molar-refractivity contribution is 0.197. The quantitative estimate of drug-likeness (QED) is 0.290. The predicted octanol–water partition coefficient (Wildman–Crippen LogP) is 4.92. The Labute approximate surface area is 246 Å². The molecular weight excluding hydrogens is 565 g/mol. The van der Waals surface area contributed by atoms with Crippen LogP contribution in [0.5, 0.6) is 11.5 Å². The molecule has 1 aliphatic rings. The first-order valence-corrected chi connectivity index (χ1v) is 12.0. The number of hydrogen-bond donors (Lipinski definition) is 0. The molecule has 39 heavy (non-hydrogen) atoms. The molecule has 2 N–H and O–H groups in total. The van der Waals surface area contributed by atoms with Crippen molar-refractivity contribution in [3.63, 3.8) is 0 Å². The minimum absolute atomic E-state index is 0. The molecule has 214 valence electrons. The van der Waals surface area contributed by atoms with Crippen molar-refractivity contribution in [3.8, 4) is 11.5 Å². The van der Waals surface area contributed by atoms with Gasteiger partial charge < -0.3 is 24.3 Å². The molecule has 5 rings (SSSR count). The topological polar surface area (TPSA) is 99.5 Å². The molecule has 0 unspecified atom stereocenters. The van der Waals surface area contributed by atoms with Crippen molar-refractivity contribution in [2.75, 3.05) is 51.3 Å². The van der Waals surface area contributed by atoms with E-state index in [0.717, 1.165) is 54.9 Å². The standard InChI is InChI=1S/C28H31N3O4.3ClH.H2O/c1-18-8-9-21-6-5-7-23(27(21)29-18)31-12-10-30(11-13-31)14-15-34-26-16-22-19(2)20(3)28(32)35-24(22)17-25(26)33-4;;;;/h5-9,16-17H,10-15H2,1-4H3;3*1H;1H2. The van der Waals surface area contributed by atoms with Crippen molar-refractivity contribution in [3.05, 3.63) is 69.7 Å². The molecule has 1 fully saturated rings. The predicted molar refractivity (Wildman–Crippen MR) is 164 cm³/mol. The van der Waals surface area contributed by atoms with Gasteiger partial charge >= 0.3 is 5.63 Å². The van der Waals surface area contributed by atoms with Gasteiger partial charge in [-0.05, 0) is 44.5 Å². The third-order valence-electron chi connectivity index (χ3n) is 6.96. The molecule has 11 heteroatoms. The number of aryl methyl sites for hydroxylation is 2. The van der Waals surface area contributed by atoms with Crippen LogP contribution in [0.25, 0.3) is 21.9 Å². The molecule has 2 aromatic heterocycles. The molecule has 2 aromatic carbocycles. The van der Waals surface area contributed by atoms with Gasteiger partial charge in [-0.15, -0.1) is 37.2 Å². The lowest BCUT2D eigenvalue weighted by Crippen LogP contribution is -2.47. The maximum atomic E-state index is 12.0. The van der Waals surface area contributed by atoms with Crippen LogP contribution in [0, 0.1) is 20.8 Å². The van der Waals surface area contributed by atoms with E-state index in [1.165, 1.54) is 11.1 Å². The van der Waals surface area contributed by atoms with Crippen LogP contribution in [-0.4, -0.2) is 61.8 Å². The normalized spacial score (nSPS) is 13.1. The molecule has 0 amide bonds. The zero-order valence-electron chi connectivity index (χ0n) is 22.5. The minimum Gasteiger partial charge on any atom is -0.493 e. The van der Waals surface area contributed by atoms with E-state index < -0.39 is 0 Å². The van der Waals surface area contributed by atoms with E-state index in [1.807, 2.05) is 19.9 Å². The van der Waals surface area contributed by atoms with Gasteiger partial charge in [-0.3, -0.25) is 9.88 Å². The van der Waals surface area contributed by atoms with E-state index >= 15 is 0 Å². The van der Waals surface area contributed by atoms with E-state index in [9.17, 15) is 4.79 Å². The third-order valence-corrected chi connectivity index (χ3v) is 6.96. The van der Waals surface area contributed by atoms with E-state index in [0.29, 0.717) is 29.3 Å². The lowest BCUT2D eigenvalue weighted by atomic mass is 10.1. The summed E-state index contributed by atoms with van der Waals surface area (Å²) in [5.41, 5.74) is 5.03. The van der Waals surface area contributed by atoms with Gasteiger partial charge in [0.25, 0.3) is 0 Å². The molecule has 1 saturated heterocycles. The number of halogens is 3. The number of ether oxygens (including phenoxy) is 2. The summed E-state index contributed by atoms with van der Waals surface area (Å²) >= 11 is 0. The molecule has 0 bridgehead atoms. The van der Waals surface area contributed by atoms with Crippen LogP contribution in [0.15, 0.2) is 51.7 Å². The third kappa shape index (κ3) is 7.07. The first kappa shape index (κ1) is 34.3. The van der Waals surface area contributed by atoms with Crippen LogP contribution in [0.3, 0.4) is 0 Å². The van der Waals surface area contributed by atoms with Crippen LogP contribution in [-0.2, 0) is 0 Å². The van der Waals surface area contributed by atoms with E-state index in [2.05, 4.69) is 40.1 Å². The average molecular weight is 601 g/mol. The maximum absolute atomic E-state index is 12.0. The first-order valence-electron chi connectivity index (χ1n) is 12.0. The highest BCUT2D eigenvalue weighted by Crippen LogP contribution is 2.34. The highest BCUT2D eigenvalue weighted by atomic mass is 35.5. The Morgan fingerprint density at radius 2 is 1.64 bits per heavy atom. The molecule has 0 atom stereocenters. The Hall–Kier alpha value is -2.75. The molecule has 8 nitrogen and oxygen atoms in total. The number of piperazine rings is 1. The van der Waals surface area contributed by atoms with Crippen molar-refractivity contribution >= 4 is 64.8 Å². The van der Waals surface area contributed by atoms with Gasteiger partial charge in [0.05, 0.1) is 18.3 Å². The first-order chi connectivity index (χ1) is 16.9. The van der Waals surface area contributed by atoms with Crippen molar-refractivity contribution in [2.45, 2.75) is 20.8 Å². The SMILES string of the molecule is COc1cc2oc(=O)c(C)c(C)c2cc1OCCN1CCN(c2cccc3ccc(C)nc23)CC1.Cl.Cl.Cl.O. The zero-order valence-corrected chi connectivity index (χ0v) is 24.9. The number of aromatic nitrogens is 1. The second-order valence-electron chi connectivity index (χ2n) is 9.12. The number of hydrogen-bond acceptors (Lipinski definition) is 7. The fraction of sp³-hybridized carbons (Fsp3) is 0.357. The zero-order chi connectivity index (χ0) is 24.5. The van der Waals surface area contributed by atoms with Gasteiger partial charge in [0.2, 0.25) is 0 Å². The van der Waals surface area contributed by atoms with Crippen LogP contribution >= 0.6 is 37.2 Å². The Morgan fingerprint density at radius 1 is 0.923 bits per heavy atom. The number of para-hydroxylation sites is 1. The van der Waals surface area contributed by atoms with Gasteiger partial charge in [-0.2, -0.15) is 0 Å².